The Kier molecular flexibility index (Phi) is 9.59. The number of nitrogens with zero attached hydrogens (tertiary/aromatic N) is 1. The van der Waals surface area contributed by atoms with Crippen LogP contribution in [0.3, 0.4) is 0 Å². The number of aromatic nitrogens is 1. The molecule has 1 aromatic heterocycles. The monoisotopic (exact) mass is 553 g/mol. The zero-order valence-electron chi connectivity index (χ0n) is 23.0. The van der Waals surface area contributed by atoms with Crippen molar-refractivity contribution in [2.75, 3.05) is 44.9 Å². The number of carbonyl (C=O) groups excluding carboxylic acids is 1. The van der Waals surface area contributed by atoms with Gasteiger partial charge in [-0.05, 0) is 65.4 Å². The van der Waals surface area contributed by atoms with Crippen molar-refractivity contribution in [1.29, 1.82) is 0 Å². The Morgan fingerprint density at radius 3 is 2.34 bits per heavy atom. The van der Waals surface area contributed by atoms with Gasteiger partial charge < -0.3 is 29.8 Å². The van der Waals surface area contributed by atoms with Crippen LogP contribution in [0, 0.1) is 0 Å². The van der Waals surface area contributed by atoms with Crippen LogP contribution in [0.2, 0.25) is 0 Å². The Balaban J connectivity index is 1.23. The number of benzene rings is 3. The highest BCUT2D eigenvalue weighted by molar-refractivity contribution is 6.04. The number of hydrogen-bond acceptors (Lipinski definition) is 6. The van der Waals surface area contributed by atoms with E-state index in [1.165, 1.54) is 0 Å². The average Bonchev–Trinajstić information content (AvgIpc) is 3.44. The van der Waals surface area contributed by atoms with E-state index < -0.39 is 5.91 Å². The summed E-state index contributed by atoms with van der Waals surface area (Å²) in [6, 6.07) is 26.7. The van der Waals surface area contributed by atoms with Gasteiger partial charge in [0, 0.05) is 18.4 Å². The van der Waals surface area contributed by atoms with Crippen molar-refractivity contribution in [3.05, 3.63) is 118 Å². The lowest BCUT2D eigenvalue weighted by atomic mass is 10.1. The maximum atomic E-state index is 13.5. The molecule has 4 aromatic rings. The molecule has 212 valence electrons. The molecule has 1 amide bonds. The van der Waals surface area contributed by atoms with Gasteiger partial charge in [-0.25, -0.2) is 0 Å². The number of hydrogen-bond donors (Lipinski definition) is 2. The predicted octanol–water partition coefficient (Wildman–Crippen LogP) is 4.67. The van der Waals surface area contributed by atoms with Gasteiger partial charge in [0.2, 0.25) is 0 Å². The third kappa shape index (κ3) is 6.92. The topological polar surface area (TPSA) is 105 Å². The smallest absolute Gasteiger partial charge is 0.263 e. The summed E-state index contributed by atoms with van der Waals surface area (Å²) in [6.07, 6.45) is 3.28. The molecule has 0 saturated carbocycles. The van der Waals surface area contributed by atoms with Crippen LogP contribution in [-0.4, -0.2) is 50.1 Å². The lowest BCUT2D eigenvalue weighted by Crippen LogP contribution is -2.31. The number of fused-ring (bicyclic) bond motifs is 1. The first kappa shape index (κ1) is 28.3. The number of rotatable bonds is 13. The maximum absolute atomic E-state index is 13.5. The number of pyridine rings is 1. The largest absolute Gasteiger partial charge is 0.491 e. The molecule has 0 saturated heterocycles. The van der Waals surface area contributed by atoms with E-state index in [-0.39, 0.29) is 17.2 Å². The molecule has 0 bridgehead atoms. The first-order chi connectivity index (χ1) is 20.2. The van der Waals surface area contributed by atoms with Crippen LogP contribution in [0.1, 0.15) is 33.9 Å². The molecule has 1 aliphatic carbocycles. The Bertz CT molecular complexity index is 1500. The molecule has 3 aromatic carbocycles. The van der Waals surface area contributed by atoms with Crippen molar-refractivity contribution in [2.24, 2.45) is 5.73 Å². The second kappa shape index (κ2) is 13.9. The fourth-order valence-corrected chi connectivity index (χ4v) is 5.14. The molecule has 0 aliphatic heterocycles. The maximum Gasteiger partial charge on any atom is 0.263 e. The molecule has 1 atom stereocenters. The zero-order chi connectivity index (χ0) is 28.4. The van der Waals surface area contributed by atoms with Crippen molar-refractivity contribution in [3.8, 4) is 16.9 Å². The van der Waals surface area contributed by atoms with Gasteiger partial charge in [-0.3, -0.25) is 9.59 Å². The van der Waals surface area contributed by atoms with Crippen LogP contribution >= 0.6 is 0 Å². The van der Waals surface area contributed by atoms with Crippen molar-refractivity contribution in [1.82, 2.24) is 4.57 Å². The molecule has 8 heteroatoms. The van der Waals surface area contributed by atoms with E-state index in [1.807, 2.05) is 72.8 Å². The first-order valence-electron chi connectivity index (χ1n) is 13.9. The minimum atomic E-state index is -0.430. The van der Waals surface area contributed by atoms with Crippen molar-refractivity contribution in [2.45, 2.75) is 18.9 Å². The van der Waals surface area contributed by atoms with E-state index in [1.54, 1.807) is 22.9 Å². The van der Waals surface area contributed by atoms with Gasteiger partial charge in [0.1, 0.15) is 17.9 Å². The van der Waals surface area contributed by atoms with Gasteiger partial charge in [-0.2, -0.15) is 0 Å². The lowest BCUT2D eigenvalue weighted by Gasteiger charge is -2.17. The van der Waals surface area contributed by atoms with Gasteiger partial charge in [-0.15, -0.1) is 0 Å². The number of carbonyl (C=O) groups is 1. The predicted molar refractivity (Wildman–Crippen MR) is 160 cm³/mol. The Labute approximate surface area is 239 Å². The summed E-state index contributed by atoms with van der Waals surface area (Å²) in [7, 11) is 0. The van der Waals surface area contributed by atoms with Crippen LogP contribution in [0.4, 0.5) is 5.69 Å². The summed E-state index contributed by atoms with van der Waals surface area (Å²) in [5.74, 6) is 0.370. The number of anilines is 1. The summed E-state index contributed by atoms with van der Waals surface area (Å²) in [5.41, 5.74) is 10.1. The minimum absolute atomic E-state index is 0.105. The Morgan fingerprint density at radius 2 is 1.56 bits per heavy atom. The van der Waals surface area contributed by atoms with Crippen LogP contribution in [-0.2, 0) is 15.9 Å². The van der Waals surface area contributed by atoms with Crippen molar-refractivity contribution in [3.63, 3.8) is 0 Å². The third-order valence-corrected chi connectivity index (χ3v) is 7.12. The minimum Gasteiger partial charge on any atom is -0.491 e. The Morgan fingerprint density at radius 1 is 0.829 bits per heavy atom. The number of ether oxygens (including phenoxy) is 3. The Hall–Kier alpha value is -4.24. The fourth-order valence-electron chi connectivity index (χ4n) is 5.14. The second-order valence-corrected chi connectivity index (χ2v) is 9.77. The summed E-state index contributed by atoms with van der Waals surface area (Å²) >= 11 is 0. The molecular formula is C33H35N3O5. The van der Waals surface area contributed by atoms with Crippen LogP contribution < -0.4 is 21.3 Å². The van der Waals surface area contributed by atoms with Gasteiger partial charge in [0.25, 0.3) is 11.5 Å². The molecule has 1 heterocycles. The number of nitrogens with two attached hydrogens (primary N) is 1. The molecule has 41 heavy (non-hydrogen) atoms. The normalized spacial score (nSPS) is 14.0. The van der Waals surface area contributed by atoms with Crippen LogP contribution in [0.25, 0.3) is 11.1 Å². The van der Waals surface area contributed by atoms with E-state index in [0.29, 0.717) is 45.3 Å². The SMILES string of the molecule is NCCOCCOCCOc1cccc2c1CCC2n1cccc(C(=O)Nc2ccc(-c3ccccc3)cc2)c1=O. The summed E-state index contributed by atoms with van der Waals surface area (Å²) in [4.78, 5) is 26.6. The average molecular weight is 554 g/mol. The summed E-state index contributed by atoms with van der Waals surface area (Å²) in [6.45, 7) is 2.88. The third-order valence-electron chi connectivity index (χ3n) is 7.12. The molecule has 5 rings (SSSR count). The van der Waals surface area contributed by atoms with Gasteiger partial charge >= 0.3 is 0 Å². The highest BCUT2D eigenvalue weighted by Gasteiger charge is 2.28. The lowest BCUT2D eigenvalue weighted by molar-refractivity contribution is 0.0387. The van der Waals surface area contributed by atoms with Crippen molar-refractivity contribution < 1.29 is 19.0 Å². The van der Waals surface area contributed by atoms with E-state index >= 15 is 0 Å². The summed E-state index contributed by atoms with van der Waals surface area (Å²) in [5, 5.41) is 2.87. The van der Waals surface area contributed by atoms with Gasteiger partial charge in [-0.1, -0.05) is 54.6 Å². The van der Waals surface area contributed by atoms with Crippen LogP contribution in [0.5, 0.6) is 5.75 Å². The van der Waals surface area contributed by atoms with E-state index in [4.69, 9.17) is 19.9 Å². The van der Waals surface area contributed by atoms with Crippen molar-refractivity contribution >= 4 is 11.6 Å². The fraction of sp³-hybridized carbons (Fsp3) is 0.273. The highest BCUT2D eigenvalue weighted by Crippen LogP contribution is 2.38. The van der Waals surface area contributed by atoms with E-state index in [9.17, 15) is 9.59 Å². The first-order valence-corrected chi connectivity index (χ1v) is 13.9. The highest BCUT2D eigenvalue weighted by atomic mass is 16.5. The van der Waals surface area contributed by atoms with E-state index in [2.05, 4.69) is 5.32 Å². The summed E-state index contributed by atoms with van der Waals surface area (Å²) < 4.78 is 18.5. The molecule has 3 N–H and O–H groups in total. The number of amides is 1. The molecule has 1 unspecified atom stereocenters. The van der Waals surface area contributed by atoms with Crippen LogP contribution in [0.15, 0.2) is 95.9 Å². The standard InChI is InChI=1S/C33H35N3O5/c34-17-19-39-20-21-40-22-23-41-31-10-4-8-27-28(31)15-16-30(27)36-18-5-9-29(33(36)38)32(37)35-26-13-11-25(12-14-26)24-6-2-1-3-7-24/h1-14,18,30H,15-17,19-23,34H2,(H,35,37). The van der Waals surface area contributed by atoms with E-state index in [0.717, 1.165) is 40.8 Å². The molecule has 8 nitrogen and oxygen atoms in total. The van der Waals surface area contributed by atoms with Gasteiger partial charge in [0.05, 0.1) is 32.5 Å². The van der Waals surface area contributed by atoms with Gasteiger partial charge in [0.15, 0.2) is 0 Å². The molecular weight excluding hydrogens is 518 g/mol. The molecule has 1 aliphatic rings. The zero-order valence-corrected chi connectivity index (χ0v) is 23.0. The molecule has 0 radical (unpaired) electrons. The number of nitrogens with one attached hydrogen (secondary N) is 1. The molecule has 0 fully saturated rings. The second-order valence-electron chi connectivity index (χ2n) is 9.77. The molecule has 0 spiro atoms. The quantitative estimate of drug-likeness (QED) is 0.233.